The summed E-state index contributed by atoms with van der Waals surface area (Å²) in [5.74, 6) is -1.12. The Labute approximate surface area is 426 Å². The molecule has 2 saturated heterocycles. The largest absolute Gasteiger partial charge is 0.490 e. The number of aromatic nitrogens is 2. The molecule has 23 nitrogen and oxygen atoms in total. The SMILES string of the molecule is CN1C(=O)CCc2cc3cc(c21)OCCOC[C@H]1CN(C(=O)CCC(=O)NCCCOCCOCCOCCOCCOc2cccc4c2C(=O)N(C2CCC(=O)NC2=O)C4=O)CCN1c1ncc(Cl)c(n1)N3. The van der Waals surface area contributed by atoms with Crippen LogP contribution in [0, 0.1) is 0 Å². The molecule has 1 aromatic heterocycles. The van der Waals surface area contributed by atoms with Crippen molar-refractivity contribution in [3.05, 3.63) is 58.2 Å². The van der Waals surface area contributed by atoms with E-state index in [-0.39, 0.29) is 99.4 Å². The number of nitrogens with zero attached hydrogens (tertiary/aromatic N) is 6. The van der Waals surface area contributed by atoms with Crippen LogP contribution in [0.25, 0.3) is 0 Å². The van der Waals surface area contributed by atoms with Crippen molar-refractivity contribution in [2.24, 2.45) is 0 Å². The molecule has 2 aromatic carbocycles. The van der Waals surface area contributed by atoms with E-state index in [4.69, 9.17) is 49.7 Å². The zero-order valence-corrected chi connectivity index (χ0v) is 41.4. The number of nitrogens with one attached hydrogen (secondary N) is 3. The molecule has 0 radical (unpaired) electrons. The minimum absolute atomic E-state index is 0.0119. The van der Waals surface area contributed by atoms with Crippen molar-refractivity contribution >= 4 is 76.1 Å². The van der Waals surface area contributed by atoms with Crippen molar-refractivity contribution in [3.63, 3.8) is 0 Å². The number of carbonyl (C=O) groups is 7. The molecule has 5 aliphatic rings. The number of piperidine rings is 1. The molecule has 6 heterocycles. The van der Waals surface area contributed by atoms with Crippen molar-refractivity contribution in [1.82, 2.24) is 30.4 Å². The Balaban J connectivity index is 0.647. The Morgan fingerprint density at radius 2 is 1.62 bits per heavy atom. The van der Waals surface area contributed by atoms with Gasteiger partial charge in [0.05, 0.1) is 88.5 Å². The predicted molar refractivity (Wildman–Crippen MR) is 261 cm³/mol. The fraction of sp³-hybridized carbons (Fsp3) is 0.531. The van der Waals surface area contributed by atoms with Gasteiger partial charge in [0.15, 0.2) is 5.82 Å². The van der Waals surface area contributed by atoms with Gasteiger partial charge in [0.1, 0.15) is 35.8 Å². The highest BCUT2D eigenvalue weighted by molar-refractivity contribution is 6.33. The summed E-state index contributed by atoms with van der Waals surface area (Å²) in [4.78, 5) is 104. The van der Waals surface area contributed by atoms with Gasteiger partial charge < -0.3 is 58.5 Å². The van der Waals surface area contributed by atoms with Gasteiger partial charge in [-0.1, -0.05) is 17.7 Å². The maximum atomic E-state index is 13.4. The molecule has 3 aromatic rings. The molecular weight excluding hydrogens is 974 g/mol. The van der Waals surface area contributed by atoms with Crippen LogP contribution in [-0.2, 0) is 54.1 Å². The molecule has 392 valence electrons. The Bertz CT molecular complexity index is 2540. The summed E-state index contributed by atoms with van der Waals surface area (Å²) in [6, 6.07) is 7.11. The molecule has 3 N–H and O–H groups in total. The number of piperazine rings is 1. The molecule has 0 aliphatic carbocycles. The molecule has 8 rings (SSSR count). The number of halogens is 1. The van der Waals surface area contributed by atoms with Gasteiger partial charge in [-0.3, -0.25) is 43.8 Å². The molecule has 0 spiro atoms. The van der Waals surface area contributed by atoms with Crippen LogP contribution >= 0.6 is 11.6 Å². The van der Waals surface area contributed by atoms with Crippen LogP contribution in [0.15, 0.2) is 36.5 Å². The zero-order chi connectivity index (χ0) is 51.3. The fourth-order valence-corrected chi connectivity index (χ4v) is 9.18. The maximum absolute atomic E-state index is 13.4. The van der Waals surface area contributed by atoms with Gasteiger partial charge in [-0.15, -0.1) is 0 Å². The summed E-state index contributed by atoms with van der Waals surface area (Å²) in [7, 11) is 1.74. The van der Waals surface area contributed by atoms with Crippen LogP contribution in [0.2, 0.25) is 5.02 Å². The highest BCUT2D eigenvalue weighted by Gasteiger charge is 2.46. The molecule has 73 heavy (non-hydrogen) atoms. The summed E-state index contributed by atoms with van der Waals surface area (Å²) < 4.78 is 40.3. The minimum Gasteiger partial charge on any atom is -0.490 e. The van der Waals surface area contributed by atoms with Crippen LogP contribution in [-0.4, -0.2) is 186 Å². The zero-order valence-electron chi connectivity index (χ0n) is 40.7. The van der Waals surface area contributed by atoms with Crippen LogP contribution in [0.3, 0.4) is 0 Å². The number of amides is 7. The Kier molecular flexibility index (Phi) is 18.4. The minimum atomic E-state index is -1.06. The molecule has 24 heteroatoms. The normalized spacial score (nSPS) is 18.8. The molecule has 2 atom stereocenters. The summed E-state index contributed by atoms with van der Waals surface area (Å²) in [5, 5.41) is 8.68. The number of benzene rings is 2. The second-order valence-corrected chi connectivity index (χ2v) is 18.1. The van der Waals surface area contributed by atoms with Gasteiger partial charge in [0, 0.05) is 77.3 Å². The van der Waals surface area contributed by atoms with E-state index >= 15 is 0 Å². The maximum Gasteiger partial charge on any atom is 0.266 e. The van der Waals surface area contributed by atoms with E-state index in [1.165, 1.54) is 6.07 Å². The Morgan fingerprint density at radius 1 is 0.863 bits per heavy atom. The monoisotopic (exact) mass is 1030 g/mol. The average molecular weight is 1030 g/mol. The van der Waals surface area contributed by atoms with Crippen LogP contribution in [0.1, 0.15) is 64.8 Å². The number of rotatable bonds is 21. The summed E-state index contributed by atoms with van der Waals surface area (Å²) >= 11 is 6.58. The quantitative estimate of drug-likeness (QED) is 0.102. The molecule has 5 aliphatic heterocycles. The first-order chi connectivity index (χ1) is 35.5. The van der Waals surface area contributed by atoms with E-state index in [1.54, 1.807) is 35.2 Å². The van der Waals surface area contributed by atoms with Crippen LogP contribution < -0.4 is 35.2 Å². The lowest BCUT2D eigenvalue weighted by molar-refractivity contribution is -0.136. The number of ether oxygens (including phenoxy) is 7. The highest BCUT2D eigenvalue weighted by atomic mass is 35.5. The predicted octanol–water partition coefficient (Wildman–Crippen LogP) is 2.04. The lowest BCUT2D eigenvalue weighted by Crippen LogP contribution is -2.57. The van der Waals surface area contributed by atoms with E-state index in [1.807, 2.05) is 17.0 Å². The van der Waals surface area contributed by atoms with Crippen LogP contribution in [0.5, 0.6) is 11.5 Å². The summed E-state index contributed by atoms with van der Waals surface area (Å²) in [5.41, 5.74) is 2.62. The third-order valence-electron chi connectivity index (χ3n) is 12.7. The molecule has 2 fully saturated rings. The lowest BCUT2D eigenvalue weighted by Gasteiger charge is -2.41. The topological polar surface area (TPSA) is 259 Å². The fourth-order valence-electron chi connectivity index (χ4n) is 9.04. The molecular formula is C49H60ClN9O14. The van der Waals surface area contributed by atoms with E-state index in [9.17, 15) is 33.6 Å². The Hall–Kier alpha value is -6.50. The average Bonchev–Trinajstić information content (AvgIpc) is 3.63. The first-order valence-electron chi connectivity index (χ1n) is 24.5. The molecule has 7 amide bonds. The number of fused-ring (bicyclic) bond motifs is 9. The first-order valence-corrected chi connectivity index (χ1v) is 24.9. The molecule has 4 bridgehead atoms. The van der Waals surface area contributed by atoms with Gasteiger partial charge in [-0.05, 0) is 43.0 Å². The van der Waals surface area contributed by atoms with Crippen LogP contribution in [0.4, 0.5) is 23.1 Å². The second-order valence-electron chi connectivity index (χ2n) is 17.7. The number of aryl methyl sites for hydroxylation is 1. The lowest BCUT2D eigenvalue weighted by atomic mass is 10.00. The number of hydrogen-bond acceptors (Lipinski definition) is 18. The number of anilines is 4. The smallest absolute Gasteiger partial charge is 0.266 e. The Morgan fingerprint density at radius 3 is 2.38 bits per heavy atom. The third kappa shape index (κ3) is 13.4. The number of imide groups is 2. The number of hydrogen-bond donors (Lipinski definition) is 3. The molecule has 1 unspecified atom stereocenters. The summed E-state index contributed by atoms with van der Waals surface area (Å²) in [6.45, 7) is 5.14. The molecule has 0 saturated carbocycles. The third-order valence-corrected chi connectivity index (χ3v) is 13.0. The highest BCUT2D eigenvalue weighted by Crippen LogP contribution is 2.40. The van der Waals surface area contributed by atoms with Crippen molar-refractivity contribution in [1.29, 1.82) is 0 Å². The van der Waals surface area contributed by atoms with Crippen molar-refractivity contribution < 1.29 is 66.7 Å². The number of carbonyl (C=O) groups excluding carboxylic acids is 7. The van der Waals surface area contributed by atoms with E-state index in [0.717, 1.165) is 16.2 Å². The van der Waals surface area contributed by atoms with E-state index < -0.39 is 29.7 Å². The van der Waals surface area contributed by atoms with Gasteiger partial charge in [0.2, 0.25) is 35.5 Å². The van der Waals surface area contributed by atoms with Crippen molar-refractivity contribution in [2.45, 2.75) is 57.0 Å². The van der Waals surface area contributed by atoms with E-state index in [0.29, 0.717) is 120 Å². The first kappa shape index (κ1) is 52.8. The van der Waals surface area contributed by atoms with Crippen molar-refractivity contribution in [2.75, 3.05) is 128 Å². The standard InChI is InChI=1S/C49H60ClN9O14/c1-56-41(62)10-6-31-26-32-27-38(44(31)56)73-25-23-71-30-33-29-57(13-14-58(33)49-52-28-35(50)45(53-32)55-49)42(63)11-9-39(60)51-12-3-15-67-16-17-68-18-19-69-20-21-70-22-24-72-37-5-2-4-34-43(37)48(66)59(47(34)65)36-7-8-40(61)54-46(36)64/h2,4-5,26-28,33,36H,3,6-25,29-30H2,1H3,(H,51,60)(H,52,53,55)(H,54,61,64)/t33-,36?/m1/s1. The van der Waals surface area contributed by atoms with Gasteiger partial charge in [-0.25, -0.2) is 4.98 Å². The van der Waals surface area contributed by atoms with E-state index in [2.05, 4.69) is 20.9 Å². The van der Waals surface area contributed by atoms with Crippen molar-refractivity contribution in [3.8, 4) is 11.5 Å². The second kappa shape index (κ2) is 25.4. The van der Waals surface area contributed by atoms with Gasteiger partial charge in [-0.2, -0.15) is 4.98 Å². The van der Waals surface area contributed by atoms with Gasteiger partial charge >= 0.3 is 0 Å². The van der Waals surface area contributed by atoms with Gasteiger partial charge in [0.25, 0.3) is 11.8 Å². The summed E-state index contributed by atoms with van der Waals surface area (Å²) in [6.07, 6.45) is 3.31.